The van der Waals surface area contributed by atoms with E-state index in [0.29, 0.717) is 12.1 Å². The molecule has 1 aromatic carbocycles. The number of benzene rings is 1. The van der Waals surface area contributed by atoms with Crippen LogP contribution in [-0.2, 0) is 5.41 Å². The minimum atomic E-state index is 0.185. The number of aryl methyl sites for hydroxylation is 1. The quantitative estimate of drug-likeness (QED) is 0.860. The molecule has 0 saturated carbocycles. The molecule has 0 bridgehead atoms. The smallest absolute Gasteiger partial charge is 0.127 e. The molecular formula is C16H25NO. The van der Waals surface area contributed by atoms with Gasteiger partial charge in [0.25, 0.3) is 0 Å². The van der Waals surface area contributed by atoms with Crippen molar-refractivity contribution in [3.8, 4) is 5.75 Å². The Morgan fingerprint density at radius 1 is 1.28 bits per heavy atom. The van der Waals surface area contributed by atoms with E-state index in [1.165, 1.54) is 16.7 Å². The molecule has 1 atom stereocenters. The molecule has 1 heterocycles. The molecule has 1 N–H and O–H groups in total. The van der Waals surface area contributed by atoms with Gasteiger partial charge in [-0.15, -0.1) is 0 Å². The van der Waals surface area contributed by atoms with Crippen LogP contribution in [0, 0.1) is 6.92 Å². The third-order valence-electron chi connectivity index (χ3n) is 3.47. The number of rotatable bonds is 2. The van der Waals surface area contributed by atoms with Crippen molar-refractivity contribution in [1.29, 1.82) is 0 Å². The van der Waals surface area contributed by atoms with Crippen LogP contribution in [0.25, 0.3) is 0 Å². The summed E-state index contributed by atoms with van der Waals surface area (Å²) in [4.78, 5) is 0. The summed E-state index contributed by atoms with van der Waals surface area (Å²) in [5.74, 6) is 1.08. The van der Waals surface area contributed by atoms with Crippen LogP contribution in [0.2, 0.25) is 0 Å². The van der Waals surface area contributed by atoms with Crippen LogP contribution in [0.4, 0.5) is 0 Å². The first kappa shape index (κ1) is 13.4. The molecule has 1 aliphatic rings. The molecule has 2 rings (SSSR count). The van der Waals surface area contributed by atoms with Gasteiger partial charge in [-0.25, -0.2) is 0 Å². The highest BCUT2D eigenvalue weighted by Gasteiger charge is 2.28. The highest BCUT2D eigenvalue weighted by Crippen LogP contribution is 2.39. The van der Waals surface area contributed by atoms with Gasteiger partial charge in [-0.1, -0.05) is 40.7 Å². The van der Waals surface area contributed by atoms with Gasteiger partial charge in [0.15, 0.2) is 0 Å². The van der Waals surface area contributed by atoms with E-state index in [1.54, 1.807) is 0 Å². The van der Waals surface area contributed by atoms with Gasteiger partial charge in [0.2, 0.25) is 0 Å². The third kappa shape index (κ3) is 2.54. The minimum absolute atomic E-state index is 0.185. The van der Waals surface area contributed by atoms with Gasteiger partial charge in [-0.2, -0.15) is 0 Å². The Labute approximate surface area is 111 Å². The molecule has 1 unspecified atom stereocenters. The number of ether oxygens (including phenoxy) is 1. The lowest BCUT2D eigenvalue weighted by Gasteiger charge is -2.22. The monoisotopic (exact) mass is 247 g/mol. The fraction of sp³-hybridized carbons (Fsp3) is 0.625. The van der Waals surface area contributed by atoms with E-state index in [-0.39, 0.29) is 5.41 Å². The molecule has 0 amide bonds. The highest BCUT2D eigenvalue weighted by atomic mass is 16.5. The average molecular weight is 247 g/mol. The summed E-state index contributed by atoms with van der Waals surface area (Å²) >= 11 is 0. The molecule has 0 fully saturated rings. The second kappa shape index (κ2) is 4.58. The Morgan fingerprint density at radius 3 is 2.50 bits per heavy atom. The molecule has 0 radical (unpaired) electrons. The number of hydrogen-bond donors (Lipinski definition) is 1. The van der Waals surface area contributed by atoms with Crippen LogP contribution in [-0.4, -0.2) is 12.6 Å². The van der Waals surface area contributed by atoms with Crippen LogP contribution in [0.1, 0.15) is 57.4 Å². The molecule has 0 saturated heterocycles. The van der Waals surface area contributed by atoms with Crippen LogP contribution in [0.5, 0.6) is 5.75 Å². The number of hydrogen-bond acceptors (Lipinski definition) is 2. The largest absolute Gasteiger partial charge is 0.491 e. The summed E-state index contributed by atoms with van der Waals surface area (Å²) < 4.78 is 5.85. The van der Waals surface area contributed by atoms with Crippen molar-refractivity contribution >= 4 is 0 Å². The first-order valence-corrected chi connectivity index (χ1v) is 6.83. The van der Waals surface area contributed by atoms with E-state index in [9.17, 15) is 0 Å². The van der Waals surface area contributed by atoms with E-state index in [2.05, 4.69) is 59.0 Å². The maximum atomic E-state index is 5.85. The molecular weight excluding hydrogens is 222 g/mol. The Kier molecular flexibility index (Phi) is 3.41. The lowest BCUT2D eigenvalue weighted by molar-refractivity contribution is 0.302. The lowest BCUT2D eigenvalue weighted by atomic mass is 9.84. The van der Waals surface area contributed by atoms with Gasteiger partial charge in [0, 0.05) is 11.6 Å². The minimum Gasteiger partial charge on any atom is -0.491 e. The van der Waals surface area contributed by atoms with Crippen molar-refractivity contribution in [2.45, 2.75) is 59.0 Å². The zero-order valence-corrected chi connectivity index (χ0v) is 12.4. The SMILES string of the molecule is Cc1cc(C(C)(C)C)cc2c1OCC2NC(C)C. The summed E-state index contributed by atoms with van der Waals surface area (Å²) in [6.07, 6.45) is 0. The maximum absolute atomic E-state index is 5.85. The van der Waals surface area contributed by atoms with Crippen molar-refractivity contribution in [3.63, 3.8) is 0 Å². The summed E-state index contributed by atoms with van der Waals surface area (Å²) in [6.45, 7) is 14.0. The number of fused-ring (bicyclic) bond motifs is 1. The molecule has 100 valence electrons. The molecule has 0 aromatic heterocycles. The van der Waals surface area contributed by atoms with Gasteiger partial charge in [-0.3, -0.25) is 0 Å². The van der Waals surface area contributed by atoms with Gasteiger partial charge in [-0.05, 0) is 29.5 Å². The summed E-state index contributed by atoms with van der Waals surface area (Å²) in [5, 5.41) is 3.58. The average Bonchev–Trinajstić information content (AvgIpc) is 2.60. The Balaban J connectivity index is 2.41. The van der Waals surface area contributed by atoms with Crippen molar-refractivity contribution in [1.82, 2.24) is 5.32 Å². The van der Waals surface area contributed by atoms with Crippen LogP contribution in [0.15, 0.2) is 12.1 Å². The summed E-state index contributed by atoms with van der Waals surface area (Å²) in [5.41, 5.74) is 4.16. The number of nitrogens with one attached hydrogen (secondary N) is 1. The van der Waals surface area contributed by atoms with Crippen molar-refractivity contribution in [3.05, 3.63) is 28.8 Å². The van der Waals surface area contributed by atoms with E-state index in [4.69, 9.17) is 4.74 Å². The van der Waals surface area contributed by atoms with Crippen LogP contribution in [0.3, 0.4) is 0 Å². The first-order chi connectivity index (χ1) is 8.29. The second-order valence-corrected chi connectivity index (χ2v) is 6.65. The Hall–Kier alpha value is -1.02. The normalized spacial score (nSPS) is 18.9. The molecule has 1 aromatic rings. The molecule has 0 aliphatic carbocycles. The molecule has 1 aliphatic heterocycles. The zero-order valence-electron chi connectivity index (χ0n) is 12.4. The van der Waals surface area contributed by atoms with Crippen molar-refractivity contribution < 1.29 is 4.74 Å². The molecule has 2 nitrogen and oxygen atoms in total. The van der Waals surface area contributed by atoms with Gasteiger partial charge in [0.05, 0.1) is 6.04 Å². The van der Waals surface area contributed by atoms with Crippen molar-refractivity contribution in [2.24, 2.45) is 0 Å². The van der Waals surface area contributed by atoms with E-state index in [1.807, 2.05) is 0 Å². The standard InChI is InChI=1S/C16H25NO/c1-10(2)17-14-9-18-15-11(3)7-12(8-13(14)15)16(4,5)6/h7-8,10,14,17H,9H2,1-6H3. The molecule has 0 spiro atoms. The Morgan fingerprint density at radius 2 is 1.94 bits per heavy atom. The molecule has 18 heavy (non-hydrogen) atoms. The van der Waals surface area contributed by atoms with E-state index in [0.717, 1.165) is 12.4 Å². The Bertz CT molecular complexity index is 443. The van der Waals surface area contributed by atoms with Crippen LogP contribution < -0.4 is 10.1 Å². The van der Waals surface area contributed by atoms with Gasteiger partial charge < -0.3 is 10.1 Å². The lowest BCUT2D eigenvalue weighted by Crippen LogP contribution is -2.29. The van der Waals surface area contributed by atoms with Crippen LogP contribution >= 0.6 is 0 Å². The van der Waals surface area contributed by atoms with Gasteiger partial charge in [0.1, 0.15) is 12.4 Å². The predicted octanol–water partition coefficient (Wildman–Crippen LogP) is 3.72. The second-order valence-electron chi connectivity index (χ2n) is 6.65. The topological polar surface area (TPSA) is 21.3 Å². The maximum Gasteiger partial charge on any atom is 0.127 e. The third-order valence-corrected chi connectivity index (χ3v) is 3.47. The summed E-state index contributed by atoms with van der Waals surface area (Å²) in [7, 11) is 0. The highest BCUT2D eigenvalue weighted by molar-refractivity contribution is 5.49. The van der Waals surface area contributed by atoms with E-state index >= 15 is 0 Å². The van der Waals surface area contributed by atoms with E-state index < -0.39 is 0 Å². The predicted molar refractivity (Wildman–Crippen MR) is 76.4 cm³/mol. The van der Waals surface area contributed by atoms with Gasteiger partial charge >= 0.3 is 0 Å². The zero-order chi connectivity index (χ0) is 13.5. The van der Waals surface area contributed by atoms with Crippen molar-refractivity contribution in [2.75, 3.05) is 6.61 Å². The fourth-order valence-electron chi connectivity index (χ4n) is 2.49. The first-order valence-electron chi connectivity index (χ1n) is 6.83. The fourth-order valence-corrected chi connectivity index (χ4v) is 2.49. The molecule has 2 heteroatoms. The summed E-state index contributed by atoms with van der Waals surface area (Å²) in [6, 6.07) is 5.38.